The second kappa shape index (κ2) is 6.02. The van der Waals surface area contributed by atoms with Gasteiger partial charge in [0.05, 0.1) is 7.11 Å². The molecular weight excluding hydrogens is 298 g/mol. The third-order valence-electron chi connectivity index (χ3n) is 2.69. The molecular formula is C13H14ClN3O2S. The summed E-state index contributed by atoms with van der Waals surface area (Å²) in [6.45, 7) is 0.561. The number of anilines is 2. The number of carbonyl (C=O) groups excluding carboxylic acids is 1. The first-order chi connectivity index (χ1) is 9.52. The Labute approximate surface area is 125 Å². The summed E-state index contributed by atoms with van der Waals surface area (Å²) in [6.07, 6.45) is 0. The van der Waals surface area contributed by atoms with Gasteiger partial charge in [-0.3, -0.25) is 4.79 Å². The van der Waals surface area contributed by atoms with E-state index >= 15 is 0 Å². The number of nitrogen functional groups attached to an aromatic ring is 1. The predicted octanol–water partition coefficient (Wildman–Crippen LogP) is 2.70. The van der Waals surface area contributed by atoms with Gasteiger partial charge >= 0.3 is 0 Å². The molecule has 0 aliphatic carbocycles. The van der Waals surface area contributed by atoms with Crippen molar-refractivity contribution in [1.29, 1.82) is 0 Å². The molecule has 0 aliphatic rings. The van der Waals surface area contributed by atoms with Gasteiger partial charge in [0.15, 0.2) is 5.75 Å². The maximum absolute atomic E-state index is 11.3. The van der Waals surface area contributed by atoms with E-state index in [2.05, 4.69) is 5.32 Å². The normalized spacial score (nSPS) is 10.3. The number of rotatable bonds is 5. The van der Waals surface area contributed by atoms with E-state index in [1.807, 2.05) is 24.3 Å². The summed E-state index contributed by atoms with van der Waals surface area (Å²) in [5, 5.41) is 4.54. The number of thiophene rings is 1. The van der Waals surface area contributed by atoms with E-state index in [0.717, 1.165) is 5.56 Å². The average Bonchev–Trinajstić information content (AvgIpc) is 2.74. The topological polar surface area (TPSA) is 90.4 Å². The Morgan fingerprint density at radius 3 is 2.60 bits per heavy atom. The monoisotopic (exact) mass is 311 g/mol. The molecule has 0 radical (unpaired) electrons. The van der Waals surface area contributed by atoms with Crippen molar-refractivity contribution in [3.8, 4) is 5.75 Å². The van der Waals surface area contributed by atoms with E-state index in [-0.39, 0.29) is 5.69 Å². The summed E-state index contributed by atoms with van der Waals surface area (Å²) in [7, 11) is 1.50. The lowest BCUT2D eigenvalue weighted by molar-refractivity contribution is 0.100. The molecule has 0 saturated heterocycles. The number of carbonyl (C=O) groups is 1. The molecule has 20 heavy (non-hydrogen) atoms. The van der Waals surface area contributed by atoms with Crippen LogP contribution in [0.25, 0.3) is 0 Å². The fraction of sp³-hybridized carbons (Fsp3) is 0.154. The smallest absolute Gasteiger partial charge is 0.261 e. The van der Waals surface area contributed by atoms with Crippen molar-refractivity contribution < 1.29 is 9.53 Å². The SMILES string of the molecule is COc1c(NCc2ccc(Cl)cc2)sc(C(N)=O)c1N. The van der Waals surface area contributed by atoms with Crippen molar-refractivity contribution in [2.24, 2.45) is 5.73 Å². The summed E-state index contributed by atoms with van der Waals surface area (Å²) in [4.78, 5) is 11.6. The number of methoxy groups -OCH3 is 1. The highest BCUT2D eigenvalue weighted by Gasteiger charge is 2.19. The molecule has 5 N–H and O–H groups in total. The Kier molecular flexibility index (Phi) is 4.36. The van der Waals surface area contributed by atoms with Crippen LogP contribution in [0.15, 0.2) is 24.3 Å². The molecule has 106 valence electrons. The molecule has 1 heterocycles. The number of halogens is 1. The standard InChI is InChI=1S/C13H14ClN3O2S/c1-19-10-9(15)11(12(16)18)20-13(10)17-6-7-2-4-8(14)5-3-7/h2-5,17H,6,15H2,1H3,(H2,16,18). The predicted molar refractivity (Wildman–Crippen MR) is 82.6 cm³/mol. The van der Waals surface area contributed by atoms with Crippen LogP contribution in [0, 0.1) is 0 Å². The number of amides is 1. The maximum Gasteiger partial charge on any atom is 0.261 e. The molecule has 0 aliphatic heterocycles. The minimum atomic E-state index is -0.564. The van der Waals surface area contributed by atoms with Crippen LogP contribution in [0.4, 0.5) is 10.7 Å². The Morgan fingerprint density at radius 2 is 2.05 bits per heavy atom. The van der Waals surface area contributed by atoms with Crippen molar-refractivity contribution >= 4 is 39.5 Å². The van der Waals surface area contributed by atoms with Crippen molar-refractivity contribution in [3.05, 3.63) is 39.7 Å². The number of primary amides is 1. The Morgan fingerprint density at radius 1 is 1.40 bits per heavy atom. The van der Waals surface area contributed by atoms with E-state index in [4.69, 9.17) is 27.8 Å². The largest absolute Gasteiger partial charge is 0.492 e. The molecule has 7 heteroatoms. The number of ether oxygens (including phenoxy) is 1. The maximum atomic E-state index is 11.3. The number of hydrogen-bond acceptors (Lipinski definition) is 5. The van der Waals surface area contributed by atoms with Gasteiger partial charge < -0.3 is 21.5 Å². The highest BCUT2D eigenvalue weighted by molar-refractivity contribution is 7.19. The first-order valence-electron chi connectivity index (χ1n) is 5.77. The van der Waals surface area contributed by atoms with Gasteiger partial charge in [0.25, 0.3) is 5.91 Å². The second-order valence-electron chi connectivity index (χ2n) is 4.05. The Balaban J connectivity index is 2.18. The molecule has 0 fully saturated rings. The van der Waals surface area contributed by atoms with E-state index in [9.17, 15) is 4.79 Å². The molecule has 0 saturated carbocycles. The van der Waals surface area contributed by atoms with Crippen LogP contribution in [-0.2, 0) is 6.54 Å². The van der Waals surface area contributed by atoms with Crippen LogP contribution >= 0.6 is 22.9 Å². The second-order valence-corrected chi connectivity index (χ2v) is 5.51. The summed E-state index contributed by atoms with van der Waals surface area (Å²) in [5.41, 5.74) is 12.4. The van der Waals surface area contributed by atoms with Crippen LogP contribution in [0.3, 0.4) is 0 Å². The molecule has 0 spiro atoms. The van der Waals surface area contributed by atoms with Crippen molar-refractivity contribution in [3.63, 3.8) is 0 Å². The Bertz CT molecular complexity index is 625. The van der Waals surface area contributed by atoms with Crippen molar-refractivity contribution in [1.82, 2.24) is 0 Å². The fourth-order valence-corrected chi connectivity index (χ4v) is 2.78. The summed E-state index contributed by atoms with van der Waals surface area (Å²) < 4.78 is 5.21. The van der Waals surface area contributed by atoms with Crippen LogP contribution in [0.1, 0.15) is 15.2 Å². The lowest BCUT2D eigenvalue weighted by atomic mass is 10.2. The van der Waals surface area contributed by atoms with Gasteiger partial charge in [-0.15, -0.1) is 11.3 Å². The fourth-order valence-electron chi connectivity index (χ4n) is 1.72. The van der Waals surface area contributed by atoms with Crippen molar-refractivity contribution in [2.75, 3.05) is 18.2 Å². The lowest BCUT2D eigenvalue weighted by Crippen LogP contribution is -2.10. The van der Waals surface area contributed by atoms with Crippen LogP contribution in [-0.4, -0.2) is 13.0 Å². The summed E-state index contributed by atoms with van der Waals surface area (Å²) in [6, 6.07) is 7.45. The lowest BCUT2D eigenvalue weighted by Gasteiger charge is -2.07. The van der Waals surface area contributed by atoms with Gasteiger partial charge in [0.2, 0.25) is 0 Å². The first-order valence-corrected chi connectivity index (χ1v) is 6.96. The highest BCUT2D eigenvalue weighted by Crippen LogP contribution is 2.42. The van der Waals surface area contributed by atoms with Crippen LogP contribution in [0.5, 0.6) is 5.75 Å². The molecule has 0 unspecified atom stereocenters. The van der Waals surface area contributed by atoms with E-state index in [0.29, 0.717) is 27.2 Å². The molecule has 0 bridgehead atoms. The van der Waals surface area contributed by atoms with Crippen molar-refractivity contribution in [2.45, 2.75) is 6.54 Å². The number of benzene rings is 1. The number of hydrogen-bond donors (Lipinski definition) is 3. The zero-order chi connectivity index (χ0) is 14.7. The number of nitrogens with two attached hydrogens (primary N) is 2. The molecule has 5 nitrogen and oxygen atoms in total. The summed E-state index contributed by atoms with van der Waals surface area (Å²) >= 11 is 7.01. The first kappa shape index (κ1) is 14.5. The minimum absolute atomic E-state index is 0.267. The molecule has 0 atom stereocenters. The zero-order valence-electron chi connectivity index (χ0n) is 10.8. The molecule has 2 rings (SSSR count). The van der Waals surface area contributed by atoms with E-state index in [1.165, 1.54) is 18.4 Å². The third-order valence-corrected chi connectivity index (χ3v) is 4.10. The molecule has 1 aromatic carbocycles. The van der Waals surface area contributed by atoms with Gasteiger partial charge in [0, 0.05) is 11.6 Å². The number of nitrogens with one attached hydrogen (secondary N) is 1. The minimum Gasteiger partial charge on any atom is -0.492 e. The van der Waals surface area contributed by atoms with Gasteiger partial charge in [-0.25, -0.2) is 0 Å². The van der Waals surface area contributed by atoms with E-state index < -0.39 is 5.91 Å². The zero-order valence-corrected chi connectivity index (χ0v) is 12.3. The van der Waals surface area contributed by atoms with Crippen LogP contribution < -0.4 is 21.5 Å². The van der Waals surface area contributed by atoms with Gasteiger partial charge in [-0.05, 0) is 17.7 Å². The highest BCUT2D eigenvalue weighted by atomic mass is 35.5. The van der Waals surface area contributed by atoms with E-state index in [1.54, 1.807) is 0 Å². The third kappa shape index (κ3) is 2.97. The molecule has 1 aromatic heterocycles. The van der Waals surface area contributed by atoms with Gasteiger partial charge in [-0.1, -0.05) is 23.7 Å². The average molecular weight is 312 g/mol. The van der Waals surface area contributed by atoms with Gasteiger partial charge in [0.1, 0.15) is 15.6 Å². The summed E-state index contributed by atoms with van der Waals surface area (Å²) in [5.74, 6) is -0.122. The Hall–Kier alpha value is -1.92. The molecule has 2 aromatic rings. The van der Waals surface area contributed by atoms with Gasteiger partial charge in [-0.2, -0.15) is 0 Å². The quantitative estimate of drug-likeness (QED) is 0.792. The molecule has 1 amide bonds. The van der Waals surface area contributed by atoms with Crippen LogP contribution in [0.2, 0.25) is 5.02 Å².